The molecule has 0 aromatic heterocycles. The van der Waals surface area contributed by atoms with Crippen molar-refractivity contribution in [1.29, 1.82) is 0 Å². The third-order valence-corrected chi connectivity index (χ3v) is 3.07. The number of nitrogens with zero attached hydrogens (tertiary/aromatic N) is 1. The molecular weight excluding hydrogens is 240 g/mol. The average Bonchev–Trinajstić information content (AvgIpc) is 2.86. The summed E-state index contributed by atoms with van der Waals surface area (Å²) in [5, 5.41) is 17.5. The molecule has 1 aliphatic heterocycles. The molecule has 2 atom stereocenters. The molecule has 2 N–H and O–H groups in total. The van der Waals surface area contributed by atoms with Crippen molar-refractivity contribution in [3.05, 3.63) is 35.9 Å². The Morgan fingerprint density at radius 2 is 2.05 bits per heavy atom. The van der Waals surface area contributed by atoms with Crippen molar-refractivity contribution < 1.29 is 9.94 Å². The number of rotatable bonds is 4. The average molecular weight is 262 g/mol. The molecular formula is C15H22N2O2. The number of oxime groups is 1. The molecule has 4 nitrogen and oxygen atoms in total. The molecule has 1 aromatic carbocycles. The molecule has 0 aliphatic carbocycles. The topological polar surface area (TPSA) is 53.8 Å². The van der Waals surface area contributed by atoms with Crippen LogP contribution in [0.2, 0.25) is 0 Å². The number of hydrogen-bond acceptors (Lipinski definition) is 4. The van der Waals surface area contributed by atoms with Crippen LogP contribution in [0.1, 0.15) is 32.8 Å². The Morgan fingerprint density at radius 3 is 2.68 bits per heavy atom. The standard InChI is InChI=1S/C15H22N2O2/c1-15(2,3)16-10-13(18)14-9-12(17-19-14)11-7-5-4-6-8-11/h4-8,13-14,16,18H,9-10H2,1-3H3. The minimum absolute atomic E-state index is 0.0112. The van der Waals surface area contributed by atoms with Gasteiger partial charge in [0.2, 0.25) is 0 Å². The summed E-state index contributed by atoms with van der Waals surface area (Å²) < 4.78 is 0. The van der Waals surface area contributed by atoms with Gasteiger partial charge in [0.05, 0.1) is 5.71 Å². The van der Waals surface area contributed by atoms with Gasteiger partial charge in [-0.3, -0.25) is 0 Å². The maximum Gasteiger partial charge on any atom is 0.160 e. The molecule has 2 unspecified atom stereocenters. The van der Waals surface area contributed by atoms with Crippen LogP contribution in [0, 0.1) is 0 Å². The fourth-order valence-corrected chi connectivity index (χ4v) is 1.95. The van der Waals surface area contributed by atoms with Crippen LogP contribution in [0.4, 0.5) is 0 Å². The Balaban J connectivity index is 1.87. The maximum absolute atomic E-state index is 10.1. The highest BCUT2D eigenvalue weighted by molar-refractivity contribution is 6.01. The van der Waals surface area contributed by atoms with Crippen molar-refractivity contribution in [2.75, 3.05) is 6.54 Å². The van der Waals surface area contributed by atoms with Gasteiger partial charge in [-0.15, -0.1) is 0 Å². The first-order valence-electron chi connectivity index (χ1n) is 6.67. The van der Waals surface area contributed by atoms with E-state index in [0.29, 0.717) is 13.0 Å². The van der Waals surface area contributed by atoms with Gasteiger partial charge in [-0.05, 0) is 26.3 Å². The lowest BCUT2D eigenvalue weighted by Gasteiger charge is -2.24. The second-order valence-electron chi connectivity index (χ2n) is 5.95. The van der Waals surface area contributed by atoms with E-state index in [-0.39, 0.29) is 11.6 Å². The Hall–Kier alpha value is -1.39. The van der Waals surface area contributed by atoms with Gasteiger partial charge >= 0.3 is 0 Å². The summed E-state index contributed by atoms with van der Waals surface area (Å²) in [4.78, 5) is 5.34. The van der Waals surface area contributed by atoms with E-state index < -0.39 is 6.10 Å². The van der Waals surface area contributed by atoms with Gasteiger partial charge in [-0.25, -0.2) is 0 Å². The summed E-state index contributed by atoms with van der Waals surface area (Å²) in [6.07, 6.45) is -0.161. The third-order valence-electron chi connectivity index (χ3n) is 3.07. The van der Waals surface area contributed by atoms with Gasteiger partial charge in [0.1, 0.15) is 6.10 Å². The molecule has 1 heterocycles. The van der Waals surface area contributed by atoms with Crippen LogP contribution < -0.4 is 5.32 Å². The van der Waals surface area contributed by atoms with Crippen LogP contribution in [0.5, 0.6) is 0 Å². The number of aliphatic hydroxyl groups is 1. The normalized spacial score (nSPS) is 20.8. The maximum atomic E-state index is 10.1. The number of benzene rings is 1. The molecule has 4 heteroatoms. The van der Waals surface area contributed by atoms with Crippen molar-refractivity contribution in [1.82, 2.24) is 5.32 Å². The van der Waals surface area contributed by atoms with E-state index in [0.717, 1.165) is 11.3 Å². The van der Waals surface area contributed by atoms with E-state index in [2.05, 4.69) is 31.2 Å². The quantitative estimate of drug-likeness (QED) is 0.871. The van der Waals surface area contributed by atoms with Crippen LogP contribution in [0.25, 0.3) is 0 Å². The van der Waals surface area contributed by atoms with Crippen LogP contribution >= 0.6 is 0 Å². The van der Waals surface area contributed by atoms with Crippen molar-refractivity contribution >= 4 is 5.71 Å². The molecule has 1 aliphatic rings. The minimum Gasteiger partial charge on any atom is -0.389 e. The van der Waals surface area contributed by atoms with Crippen molar-refractivity contribution in [3.63, 3.8) is 0 Å². The monoisotopic (exact) mass is 262 g/mol. The van der Waals surface area contributed by atoms with Crippen LogP contribution in [-0.2, 0) is 4.84 Å². The number of aliphatic hydroxyl groups excluding tert-OH is 1. The van der Waals surface area contributed by atoms with Crippen LogP contribution in [0.15, 0.2) is 35.5 Å². The largest absolute Gasteiger partial charge is 0.389 e. The van der Waals surface area contributed by atoms with Crippen molar-refractivity contribution in [2.24, 2.45) is 5.16 Å². The summed E-state index contributed by atoms with van der Waals surface area (Å²) in [7, 11) is 0. The lowest BCUT2D eigenvalue weighted by atomic mass is 10.0. The molecule has 104 valence electrons. The number of nitrogens with one attached hydrogen (secondary N) is 1. The number of β-amino-alcohol motifs (C(OH)–C–C–N with tert-alkyl or cyclic N) is 1. The molecule has 19 heavy (non-hydrogen) atoms. The highest BCUT2D eigenvalue weighted by atomic mass is 16.7. The van der Waals surface area contributed by atoms with E-state index in [9.17, 15) is 5.11 Å². The van der Waals surface area contributed by atoms with Crippen molar-refractivity contribution in [2.45, 2.75) is 44.9 Å². The van der Waals surface area contributed by atoms with Gasteiger partial charge < -0.3 is 15.3 Å². The van der Waals surface area contributed by atoms with Gasteiger partial charge in [0.15, 0.2) is 6.10 Å². The van der Waals surface area contributed by atoms with E-state index in [1.165, 1.54) is 0 Å². The molecule has 0 bridgehead atoms. The zero-order valence-electron chi connectivity index (χ0n) is 11.8. The highest BCUT2D eigenvalue weighted by Crippen LogP contribution is 2.19. The van der Waals surface area contributed by atoms with Gasteiger partial charge in [-0.1, -0.05) is 35.5 Å². The lowest BCUT2D eigenvalue weighted by molar-refractivity contribution is -0.0181. The Labute approximate surface area is 114 Å². The molecule has 0 fully saturated rings. The lowest BCUT2D eigenvalue weighted by Crippen LogP contribution is -2.44. The molecule has 0 saturated carbocycles. The smallest absolute Gasteiger partial charge is 0.160 e. The van der Waals surface area contributed by atoms with Crippen LogP contribution in [-0.4, -0.2) is 35.1 Å². The first kappa shape index (κ1) is 14.0. The summed E-state index contributed by atoms with van der Waals surface area (Å²) in [6.45, 7) is 6.72. The van der Waals surface area contributed by atoms with Crippen LogP contribution in [0.3, 0.4) is 0 Å². The number of hydrogen-bond donors (Lipinski definition) is 2. The van der Waals surface area contributed by atoms with Gasteiger partial charge in [0, 0.05) is 18.5 Å². The summed E-state index contributed by atoms with van der Waals surface area (Å²) in [5.41, 5.74) is 1.95. The Kier molecular flexibility index (Phi) is 4.22. The van der Waals surface area contributed by atoms with Gasteiger partial charge in [0.25, 0.3) is 0 Å². The molecule has 0 spiro atoms. The van der Waals surface area contributed by atoms with E-state index >= 15 is 0 Å². The molecule has 0 radical (unpaired) electrons. The molecule has 2 rings (SSSR count). The first-order chi connectivity index (χ1) is 8.96. The third kappa shape index (κ3) is 4.04. The highest BCUT2D eigenvalue weighted by Gasteiger charge is 2.29. The fourth-order valence-electron chi connectivity index (χ4n) is 1.95. The predicted molar refractivity (Wildman–Crippen MR) is 76.2 cm³/mol. The Bertz CT molecular complexity index is 437. The molecule has 0 amide bonds. The second-order valence-corrected chi connectivity index (χ2v) is 5.95. The SMILES string of the molecule is CC(C)(C)NCC(O)C1CC(c2ccccc2)=NO1. The summed E-state index contributed by atoms with van der Waals surface area (Å²) >= 11 is 0. The van der Waals surface area contributed by atoms with E-state index in [1.54, 1.807) is 0 Å². The summed E-state index contributed by atoms with van der Waals surface area (Å²) in [6, 6.07) is 9.93. The summed E-state index contributed by atoms with van der Waals surface area (Å²) in [5.74, 6) is 0. The van der Waals surface area contributed by atoms with E-state index in [1.807, 2.05) is 30.3 Å². The van der Waals surface area contributed by atoms with Gasteiger partial charge in [-0.2, -0.15) is 0 Å². The molecule has 1 aromatic rings. The second kappa shape index (κ2) is 5.72. The zero-order chi connectivity index (χ0) is 13.9. The Morgan fingerprint density at radius 1 is 1.37 bits per heavy atom. The predicted octanol–water partition coefficient (Wildman–Crippen LogP) is 1.93. The minimum atomic E-state index is -0.552. The van der Waals surface area contributed by atoms with E-state index in [4.69, 9.17) is 4.84 Å². The zero-order valence-corrected chi connectivity index (χ0v) is 11.8. The first-order valence-corrected chi connectivity index (χ1v) is 6.67. The van der Waals surface area contributed by atoms with Crippen molar-refractivity contribution in [3.8, 4) is 0 Å². The fraction of sp³-hybridized carbons (Fsp3) is 0.533. The molecule has 0 saturated heterocycles.